The standard InChI is InChI=1S/C11H11BrN2O5/c1-6(13-11(16)17)10(15)9(12)7-2-4-8(5-3-7)14(18)19/h2-6,9,13H,1H3,(H,16,17). The van der Waals surface area contributed by atoms with E-state index < -0.39 is 21.9 Å². The van der Waals surface area contributed by atoms with E-state index in [-0.39, 0.29) is 11.5 Å². The number of nitrogens with one attached hydrogen (secondary N) is 1. The van der Waals surface area contributed by atoms with Gasteiger partial charge in [0.2, 0.25) is 0 Å². The molecule has 2 unspecified atom stereocenters. The van der Waals surface area contributed by atoms with Crippen molar-refractivity contribution >= 4 is 33.5 Å². The molecule has 0 spiro atoms. The van der Waals surface area contributed by atoms with E-state index in [1.165, 1.54) is 31.2 Å². The molecule has 19 heavy (non-hydrogen) atoms. The fraction of sp³-hybridized carbons (Fsp3) is 0.273. The van der Waals surface area contributed by atoms with Gasteiger partial charge in [-0.1, -0.05) is 28.1 Å². The Balaban J connectivity index is 2.82. The molecule has 0 bridgehead atoms. The van der Waals surface area contributed by atoms with E-state index >= 15 is 0 Å². The van der Waals surface area contributed by atoms with Crippen LogP contribution < -0.4 is 5.32 Å². The van der Waals surface area contributed by atoms with Gasteiger partial charge in [0.1, 0.15) is 4.83 Å². The summed E-state index contributed by atoms with van der Waals surface area (Å²) in [7, 11) is 0. The zero-order chi connectivity index (χ0) is 14.6. The summed E-state index contributed by atoms with van der Waals surface area (Å²) in [4.78, 5) is 31.6. The van der Waals surface area contributed by atoms with Crippen molar-refractivity contribution in [3.8, 4) is 0 Å². The lowest BCUT2D eigenvalue weighted by Crippen LogP contribution is -2.39. The van der Waals surface area contributed by atoms with Crippen molar-refractivity contribution in [2.45, 2.75) is 17.8 Å². The molecule has 0 aliphatic carbocycles. The summed E-state index contributed by atoms with van der Waals surface area (Å²) in [5, 5.41) is 21.1. The van der Waals surface area contributed by atoms with Crippen LogP contribution in [-0.4, -0.2) is 27.9 Å². The zero-order valence-electron chi connectivity index (χ0n) is 9.87. The minimum Gasteiger partial charge on any atom is -0.465 e. The lowest BCUT2D eigenvalue weighted by Gasteiger charge is -2.15. The van der Waals surface area contributed by atoms with Gasteiger partial charge < -0.3 is 10.4 Å². The van der Waals surface area contributed by atoms with Crippen molar-refractivity contribution in [1.82, 2.24) is 5.32 Å². The molecule has 1 amide bonds. The molecule has 0 saturated heterocycles. The van der Waals surface area contributed by atoms with Crippen LogP contribution in [0.25, 0.3) is 0 Å². The largest absolute Gasteiger partial charge is 0.465 e. The second-order valence-corrected chi connectivity index (χ2v) is 4.70. The molecule has 1 aromatic carbocycles. The van der Waals surface area contributed by atoms with Gasteiger partial charge >= 0.3 is 6.09 Å². The number of amides is 1. The third kappa shape index (κ3) is 4.02. The molecular formula is C11H11BrN2O5. The van der Waals surface area contributed by atoms with Crippen LogP contribution >= 0.6 is 15.9 Å². The maximum absolute atomic E-state index is 11.9. The monoisotopic (exact) mass is 330 g/mol. The summed E-state index contributed by atoms with van der Waals surface area (Å²) in [6, 6.07) is 4.58. The molecule has 1 rings (SSSR count). The number of nitro groups is 1. The number of ketones is 1. The first-order valence-corrected chi connectivity index (χ1v) is 6.16. The lowest BCUT2D eigenvalue weighted by molar-refractivity contribution is -0.384. The Bertz CT molecular complexity index is 502. The maximum atomic E-state index is 11.9. The van der Waals surface area contributed by atoms with Crippen LogP contribution in [0.2, 0.25) is 0 Å². The Morgan fingerprint density at radius 2 is 1.89 bits per heavy atom. The summed E-state index contributed by atoms with van der Waals surface area (Å²) < 4.78 is 0. The first-order valence-electron chi connectivity index (χ1n) is 5.24. The number of Topliss-reactive ketones (excluding diaryl/α,β-unsaturated/α-hetero) is 1. The van der Waals surface area contributed by atoms with Crippen LogP contribution in [0.1, 0.15) is 17.3 Å². The second kappa shape index (κ2) is 6.28. The molecule has 2 atom stereocenters. The highest BCUT2D eigenvalue weighted by atomic mass is 79.9. The van der Waals surface area contributed by atoms with Crippen molar-refractivity contribution in [1.29, 1.82) is 0 Å². The Hall–Kier alpha value is -1.96. The van der Waals surface area contributed by atoms with Gasteiger partial charge in [-0.25, -0.2) is 4.79 Å². The number of carboxylic acid groups (broad SMARTS) is 1. The van der Waals surface area contributed by atoms with Gasteiger partial charge in [-0.05, 0) is 12.5 Å². The smallest absolute Gasteiger partial charge is 0.405 e. The molecule has 0 saturated carbocycles. The molecule has 0 radical (unpaired) electrons. The molecule has 0 aliphatic rings. The van der Waals surface area contributed by atoms with Gasteiger partial charge in [-0.3, -0.25) is 14.9 Å². The number of hydrogen-bond acceptors (Lipinski definition) is 4. The summed E-state index contributed by atoms with van der Waals surface area (Å²) in [5.74, 6) is -0.378. The fourth-order valence-electron chi connectivity index (χ4n) is 1.41. The third-order valence-corrected chi connectivity index (χ3v) is 3.39. The van der Waals surface area contributed by atoms with E-state index in [0.29, 0.717) is 5.56 Å². The van der Waals surface area contributed by atoms with Gasteiger partial charge in [-0.2, -0.15) is 0 Å². The average Bonchev–Trinajstić information content (AvgIpc) is 2.36. The van der Waals surface area contributed by atoms with E-state index in [1.807, 2.05) is 0 Å². The predicted octanol–water partition coefficient (Wildman–Crippen LogP) is 2.26. The van der Waals surface area contributed by atoms with Crippen molar-refractivity contribution in [2.75, 3.05) is 0 Å². The van der Waals surface area contributed by atoms with E-state index in [4.69, 9.17) is 5.11 Å². The lowest BCUT2D eigenvalue weighted by atomic mass is 10.0. The number of non-ortho nitro benzene ring substituents is 1. The summed E-state index contributed by atoms with van der Waals surface area (Å²) in [6.07, 6.45) is -1.29. The molecule has 102 valence electrons. The quantitative estimate of drug-likeness (QED) is 0.488. The highest BCUT2D eigenvalue weighted by Crippen LogP contribution is 2.26. The molecular weight excluding hydrogens is 320 g/mol. The summed E-state index contributed by atoms with van der Waals surface area (Å²) in [5.41, 5.74) is 0.447. The minimum absolute atomic E-state index is 0.0763. The van der Waals surface area contributed by atoms with Crippen LogP contribution in [0.3, 0.4) is 0 Å². The number of hydrogen-bond donors (Lipinski definition) is 2. The molecule has 2 N–H and O–H groups in total. The van der Waals surface area contributed by atoms with Crippen molar-refractivity contribution in [3.63, 3.8) is 0 Å². The van der Waals surface area contributed by atoms with Crippen molar-refractivity contribution in [2.24, 2.45) is 0 Å². The molecule has 8 heteroatoms. The molecule has 0 aliphatic heterocycles. The average molecular weight is 331 g/mol. The molecule has 7 nitrogen and oxygen atoms in total. The Morgan fingerprint density at radius 3 is 2.32 bits per heavy atom. The highest BCUT2D eigenvalue weighted by Gasteiger charge is 2.24. The Kier molecular flexibility index (Phi) is 4.99. The Labute approximate surface area is 116 Å². The fourth-order valence-corrected chi connectivity index (χ4v) is 2.11. The van der Waals surface area contributed by atoms with Gasteiger partial charge in [0.15, 0.2) is 5.78 Å². The normalized spacial score (nSPS) is 13.4. The van der Waals surface area contributed by atoms with Crippen LogP contribution in [0.5, 0.6) is 0 Å². The van der Waals surface area contributed by atoms with Crippen LogP contribution in [0.15, 0.2) is 24.3 Å². The van der Waals surface area contributed by atoms with E-state index in [0.717, 1.165) is 0 Å². The van der Waals surface area contributed by atoms with Gasteiger partial charge in [0.05, 0.1) is 11.0 Å². The number of halogens is 1. The highest BCUT2D eigenvalue weighted by molar-refractivity contribution is 9.09. The zero-order valence-corrected chi connectivity index (χ0v) is 11.5. The van der Waals surface area contributed by atoms with E-state index in [2.05, 4.69) is 21.2 Å². The summed E-state index contributed by atoms with van der Waals surface area (Å²) in [6.45, 7) is 1.43. The Morgan fingerprint density at radius 1 is 1.37 bits per heavy atom. The van der Waals surface area contributed by atoms with E-state index in [1.54, 1.807) is 0 Å². The van der Waals surface area contributed by atoms with Crippen molar-refractivity contribution < 1.29 is 19.6 Å². The minimum atomic E-state index is -1.29. The number of benzene rings is 1. The van der Waals surface area contributed by atoms with Crippen LogP contribution in [-0.2, 0) is 4.79 Å². The van der Waals surface area contributed by atoms with Crippen molar-refractivity contribution in [3.05, 3.63) is 39.9 Å². The first-order chi connectivity index (χ1) is 8.82. The maximum Gasteiger partial charge on any atom is 0.405 e. The number of rotatable bonds is 5. The predicted molar refractivity (Wildman–Crippen MR) is 70.4 cm³/mol. The summed E-state index contributed by atoms with van der Waals surface area (Å²) >= 11 is 3.15. The molecule has 0 aromatic heterocycles. The topological polar surface area (TPSA) is 110 Å². The SMILES string of the molecule is CC(NC(=O)O)C(=O)C(Br)c1ccc([N+](=O)[O-])cc1. The number of carbonyl (C=O) groups is 2. The number of nitrogens with zero attached hydrogens (tertiary/aromatic N) is 1. The number of nitro benzene ring substituents is 1. The van der Waals surface area contributed by atoms with Crippen LogP contribution in [0.4, 0.5) is 10.5 Å². The number of alkyl halides is 1. The third-order valence-electron chi connectivity index (χ3n) is 2.41. The van der Waals surface area contributed by atoms with Gasteiger partial charge in [0.25, 0.3) is 5.69 Å². The second-order valence-electron chi connectivity index (χ2n) is 3.78. The van der Waals surface area contributed by atoms with Gasteiger partial charge in [-0.15, -0.1) is 0 Å². The molecule has 0 fully saturated rings. The molecule has 1 aromatic rings. The van der Waals surface area contributed by atoms with Gasteiger partial charge in [0, 0.05) is 12.1 Å². The first kappa shape index (κ1) is 15.1. The number of carbonyl (C=O) groups excluding carboxylic acids is 1. The molecule has 0 heterocycles. The van der Waals surface area contributed by atoms with Crippen LogP contribution in [0, 0.1) is 10.1 Å². The van der Waals surface area contributed by atoms with E-state index in [9.17, 15) is 19.7 Å².